The molecule has 2 aromatic rings. The Morgan fingerprint density at radius 1 is 1.29 bits per heavy atom. The van der Waals surface area contributed by atoms with Crippen LogP contribution in [0.3, 0.4) is 0 Å². The van der Waals surface area contributed by atoms with Crippen LogP contribution in [0.1, 0.15) is 28.6 Å². The molecule has 0 fully saturated rings. The van der Waals surface area contributed by atoms with Gasteiger partial charge in [0, 0.05) is 15.8 Å². The third-order valence-electron chi connectivity index (χ3n) is 2.74. The number of Topliss-reactive ketones (excluding diaryl/α,β-unsaturated/α-hetero) is 1. The van der Waals surface area contributed by atoms with Gasteiger partial charge in [-0.3, -0.25) is 4.79 Å². The summed E-state index contributed by atoms with van der Waals surface area (Å²) in [5, 5.41) is 0. The zero-order valence-corrected chi connectivity index (χ0v) is 12.2. The first-order chi connectivity index (χ1) is 8.13. The lowest BCUT2D eigenvalue weighted by Gasteiger charge is -2.04. The number of hydrogen-bond donors (Lipinski definition) is 0. The highest BCUT2D eigenvalue weighted by Crippen LogP contribution is 2.33. The van der Waals surface area contributed by atoms with Crippen LogP contribution in [0.25, 0.3) is 10.4 Å². The summed E-state index contributed by atoms with van der Waals surface area (Å²) >= 11 is 5.10. The summed E-state index contributed by atoms with van der Waals surface area (Å²) in [6, 6.07) is 10.1. The minimum atomic E-state index is 0.217. The van der Waals surface area contributed by atoms with E-state index >= 15 is 0 Å². The lowest BCUT2D eigenvalue weighted by Crippen LogP contribution is -1.90. The Bertz CT molecular complexity index is 557. The molecule has 0 aliphatic heterocycles. The van der Waals surface area contributed by atoms with Crippen LogP contribution in [-0.4, -0.2) is 5.78 Å². The van der Waals surface area contributed by atoms with E-state index in [1.54, 1.807) is 11.3 Å². The van der Waals surface area contributed by atoms with Gasteiger partial charge in [0.05, 0.1) is 4.88 Å². The van der Waals surface area contributed by atoms with Crippen molar-refractivity contribution in [3.63, 3.8) is 0 Å². The molecule has 3 heteroatoms. The van der Waals surface area contributed by atoms with Crippen molar-refractivity contribution in [3.05, 3.63) is 45.2 Å². The van der Waals surface area contributed by atoms with Crippen molar-refractivity contribution in [2.75, 3.05) is 0 Å². The molecule has 1 heterocycles. The van der Waals surface area contributed by atoms with Gasteiger partial charge in [0.25, 0.3) is 0 Å². The minimum absolute atomic E-state index is 0.217. The largest absolute Gasteiger partial charge is 0.293 e. The topological polar surface area (TPSA) is 17.1 Å². The maximum absolute atomic E-state index is 11.6. The van der Waals surface area contributed by atoms with Gasteiger partial charge in [-0.2, -0.15) is 0 Å². The van der Waals surface area contributed by atoms with Crippen molar-refractivity contribution in [1.82, 2.24) is 0 Å². The highest BCUT2D eigenvalue weighted by atomic mass is 79.9. The van der Waals surface area contributed by atoms with E-state index in [2.05, 4.69) is 28.9 Å². The lowest BCUT2D eigenvalue weighted by atomic mass is 10.1. The van der Waals surface area contributed by atoms with Gasteiger partial charge in [-0.25, -0.2) is 0 Å². The maximum atomic E-state index is 11.6. The van der Waals surface area contributed by atoms with Crippen LogP contribution in [0.5, 0.6) is 0 Å². The molecule has 17 heavy (non-hydrogen) atoms. The molecule has 0 aliphatic rings. The summed E-state index contributed by atoms with van der Waals surface area (Å²) in [6.45, 7) is 3.98. The Hall–Kier alpha value is -0.930. The molecule has 0 amide bonds. The zero-order chi connectivity index (χ0) is 12.4. The van der Waals surface area contributed by atoms with E-state index in [0.717, 1.165) is 14.2 Å². The predicted molar refractivity (Wildman–Crippen MR) is 76.8 cm³/mol. The molecule has 0 saturated heterocycles. The van der Waals surface area contributed by atoms with E-state index in [1.165, 1.54) is 11.1 Å². The number of hydrogen-bond acceptors (Lipinski definition) is 2. The molecule has 0 radical (unpaired) electrons. The van der Waals surface area contributed by atoms with Crippen LogP contribution in [0.4, 0.5) is 0 Å². The molecule has 1 aromatic carbocycles. The monoisotopic (exact) mass is 308 g/mol. The van der Waals surface area contributed by atoms with Gasteiger partial charge in [0.15, 0.2) is 5.78 Å². The molecule has 0 atom stereocenters. The smallest absolute Gasteiger partial charge is 0.172 e. The summed E-state index contributed by atoms with van der Waals surface area (Å²) in [6.07, 6.45) is 0.567. The van der Waals surface area contributed by atoms with E-state index in [0.29, 0.717) is 6.42 Å². The lowest BCUT2D eigenvalue weighted by molar-refractivity contribution is 0.0992. The molecule has 0 aliphatic carbocycles. The van der Waals surface area contributed by atoms with E-state index in [-0.39, 0.29) is 5.78 Å². The average molecular weight is 309 g/mol. The molecule has 2 rings (SSSR count). The first-order valence-electron chi connectivity index (χ1n) is 5.52. The number of benzene rings is 1. The SMILES string of the molecule is CCC(=O)c1ccc(-c2cccc(Br)c2C)s1. The van der Waals surface area contributed by atoms with Gasteiger partial charge in [-0.15, -0.1) is 11.3 Å². The van der Waals surface area contributed by atoms with E-state index < -0.39 is 0 Å². The molecule has 0 bridgehead atoms. The van der Waals surface area contributed by atoms with Gasteiger partial charge in [-0.05, 0) is 36.2 Å². The average Bonchev–Trinajstić information content (AvgIpc) is 2.81. The third kappa shape index (κ3) is 2.50. The molecular formula is C14H13BrOS. The number of rotatable bonds is 3. The van der Waals surface area contributed by atoms with Gasteiger partial charge < -0.3 is 0 Å². The second-order valence-electron chi connectivity index (χ2n) is 3.85. The third-order valence-corrected chi connectivity index (χ3v) is 4.75. The molecule has 1 nitrogen and oxygen atoms in total. The van der Waals surface area contributed by atoms with Crippen LogP contribution >= 0.6 is 27.3 Å². The molecule has 0 saturated carbocycles. The Balaban J connectivity index is 2.44. The number of carbonyl (C=O) groups is 1. The standard InChI is InChI=1S/C14H13BrOS/c1-3-12(16)14-8-7-13(17-14)10-5-4-6-11(15)9(10)2/h4-8H,3H2,1-2H3. The fourth-order valence-electron chi connectivity index (χ4n) is 1.68. The van der Waals surface area contributed by atoms with Crippen molar-refractivity contribution in [2.45, 2.75) is 20.3 Å². The van der Waals surface area contributed by atoms with Gasteiger partial charge in [0.2, 0.25) is 0 Å². The first-order valence-corrected chi connectivity index (χ1v) is 7.13. The Morgan fingerprint density at radius 2 is 2.06 bits per heavy atom. The minimum Gasteiger partial charge on any atom is -0.293 e. The molecule has 1 aromatic heterocycles. The molecule has 0 unspecified atom stereocenters. The normalized spacial score (nSPS) is 10.5. The molecule has 0 N–H and O–H groups in total. The van der Waals surface area contributed by atoms with Crippen molar-refractivity contribution in [2.24, 2.45) is 0 Å². The summed E-state index contributed by atoms with van der Waals surface area (Å²) in [5.41, 5.74) is 2.41. The van der Waals surface area contributed by atoms with Gasteiger partial charge >= 0.3 is 0 Å². The van der Waals surface area contributed by atoms with E-state index in [4.69, 9.17) is 0 Å². The van der Waals surface area contributed by atoms with Crippen molar-refractivity contribution < 1.29 is 4.79 Å². The molecule has 0 spiro atoms. The summed E-state index contributed by atoms with van der Waals surface area (Å²) < 4.78 is 1.10. The van der Waals surface area contributed by atoms with Crippen LogP contribution in [0.15, 0.2) is 34.8 Å². The fraction of sp³-hybridized carbons (Fsp3) is 0.214. The van der Waals surface area contributed by atoms with Crippen molar-refractivity contribution in [3.8, 4) is 10.4 Å². The number of ketones is 1. The maximum Gasteiger partial charge on any atom is 0.172 e. The number of carbonyl (C=O) groups excluding carboxylic acids is 1. The van der Waals surface area contributed by atoms with Gasteiger partial charge in [-0.1, -0.05) is 35.0 Å². The number of halogens is 1. The van der Waals surface area contributed by atoms with Crippen molar-refractivity contribution >= 4 is 33.0 Å². The fourth-order valence-corrected chi connectivity index (χ4v) is 3.15. The summed E-state index contributed by atoms with van der Waals surface area (Å²) in [7, 11) is 0. The quantitative estimate of drug-likeness (QED) is 0.723. The van der Waals surface area contributed by atoms with Crippen molar-refractivity contribution in [1.29, 1.82) is 0 Å². The van der Waals surface area contributed by atoms with E-state index in [9.17, 15) is 4.79 Å². The highest BCUT2D eigenvalue weighted by molar-refractivity contribution is 9.10. The Kier molecular flexibility index (Phi) is 3.79. The summed E-state index contributed by atoms with van der Waals surface area (Å²) in [4.78, 5) is 13.6. The molecule has 88 valence electrons. The van der Waals surface area contributed by atoms with Crippen LogP contribution in [0, 0.1) is 6.92 Å². The second kappa shape index (κ2) is 5.15. The number of thiophene rings is 1. The first kappa shape index (κ1) is 12.5. The molecular weight excluding hydrogens is 296 g/mol. The second-order valence-corrected chi connectivity index (χ2v) is 5.79. The summed E-state index contributed by atoms with van der Waals surface area (Å²) in [5.74, 6) is 0.217. The Morgan fingerprint density at radius 3 is 2.76 bits per heavy atom. The predicted octanol–water partition coefficient (Wildman–Crippen LogP) is 5.08. The Labute approximate surface area is 114 Å². The van der Waals surface area contributed by atoms with E-state index in [1.807, 2.05) is 31.2 Å². The van der Waals surface area contributed by atoms with Crippen LogP contribution < -0.4 is 0 Å². The van der Waals surface area contributed by atoms with Gasteiger partial charge in [0.1, 0.15) is 0 Å². The zero-order valence-electron chi connectivity index (χ0n) is 9.79. The van der Waals surface area contributed by atoms with Crippen LogP contribution in [0.2, 0.25) is 0 Å². The van der Waals surface area contributed by atoms with Crippen LogP contribution in [-0.2, 0) is 0 Å². The highest BCUT2D eigenvalue weighted by Gasteiger charge is 2.10.